The van der Waals surface area contributed by atoms with E-state index in [4.69, 9.17) is 9.72 Å². The Morgan fingerprint density at radius 2 is 1.84 bits per heavy atom. The van der Waals surface area contributed by atoms with Gasteiger partial charge in [-0.05, 0) is 61.4 Å². The first kappa shape index (κ1) is 22.4. The average Bonchev–Trinajstić information content (AvgIpc) is 2.82. The largest absolute Gasteiger partial charge is 0.497 e. The lowest BCUT2D eigenvalue weighted by molar-refractivity contribution is -0.119. The molecule has 0 aliphatic heterocycles. The number of hydrogen-bond acceptors (Lipinski definition) is 5. The van der Waals surface area contributed by atoms with E-state index >= 15 is 0 Å². The van der Waals surface area contributed by atoms with Crippen LogP contribution in [0.3, 0.4) is 0 Å². The summed E-state index contributed by atoms with van der Waals surface area (Å²) in [6.45, 7) is 2.65. The smallest absolute Gasteiger partial charge is 0.262 e. The van der Waals surface area contributed by atoms with Gasteiger partial charge in [-0.15, -0.1) is 0 Å². The van der Waals surface area contributed by atoms with Gasteiger partial charge in [-0.2, -0.15) is 0 Å². The van der Waals surface area contributed by atoms with Crippen LogP contribution in [0.4, 0.5) is 0 Å². The second kappa shape index (κ2) is 10.2. The van der Waals surface area contributed by atoms with Gasteiger partial charge in [0.2, 0.25) is 5.91 Å². The van der Waals surface area contributed by atoms with Crippen molar-refractivity contribution in [3.63, 3.8) is 0 Å². The zero-order valence-electron chi connectivity index (χ0n) is 18.5. The Hall–Kier alpha value is -2.80. The molecule has 1 aliphatic rings. The van der Waals surface area contributed by atoms with Gasteiger partial charge in [-0.1, -0.05) is 43.0 Å². The minimum absolute atomic E-state index is 0.00652. The number of aromatic nitrogens is 2. The Morgan fingerprint density at radius 1 is 1.12 bits per heavy atom. The summed E-state index contributed by atoms with van der Waals surface area (Å²) in [6, 6.07) is 15.2. The fourth-order valence-corrected chi connectivity index (χ4v) is 4.92. The minimum Gasteiger partial charge on any atom is -0.497 e. The lowest BCUT2D eigenvalue weighted by Crippen LogP contribution is -2.38. The van der Waals surface area contributed by atoms with Gasteiger partial charge in [0.15, 0.2) is 5.16 Å². The van der Waals surface area contributed by atoms with Crippen LogP contribution in [-0.4, -0.2) is 34.4 Å². The second-order valence-corrected chi connectivity index (χ2v) is 9.41. The fraction of sp³-hybridized carbons (Fsp3) is 0.400. The number of carbonyl (C=O) groups is 1. The molecule has 1 amide bonds. The third kappa shape index (κ3) is 5.33. The number of carbonyl (C=O) groups excluding carboxylic acids is 1. The van der Waals surface area contributed by atoms with E-state index in [0.717, 1.165) is 42.9 Å². The summed E-state index contributed by atoms with van der Waals surface area (Å²) in [5.74, 6) is 1.74. The molecule has 1 aromatic heterocycles. The molecule has 2 aromatic carbocycles. The van der Waals surface area contributed by atoms with Gasteiger partial charge in [0.25, 0.3) is 5.56 Å². The Balaban J connectivity index is 1.54. The zero-order chi connectivity index (χ0) is 22.5. The average molecular weight is 452 g/mol. The summed E-state index contributed by atoms with van der Waals surface area (Å²) in [6.07, 6.45) is 4.39. The lowest BCUT2D eigenvalue weighted by Gasteiger charge is -2.26. The predicted molar refractivity (Wildman–Crippen MR) is 128 cm³/mol. The summed E-state index contributed by atoms with van der Waals surface area (Å²) < 4.78 is 6.89. The maximum Gasteiger partial charge on any atom is 0.262 e. The maximum absolute atomic E-state index is 13.3. The highest BCUT2D eigenvalue weighted by molar-refractivity contribution is 7.99. The highest BCUT2D eigenvalue weighted by atomic mass is 32.2. The van der Waals surface area contributed by atoms with E-state index in [2.05, 4.69) is 12.2 Å². The van der Waals surface area contributed by atoms with Crippen LogP contribution in [0.5, 0.6) is 5.75 Å². The molecule has 1 aliphatic carbocycles. The number of rotatable bonds is 7. The highest BCUT2D eigenvalue weighted by Gasteiger charge is 2.20. The summed E-state index contributed by atoms with van der Waals surface area (Å²) >= 11 is 1.32. The van der Waals surface area contributed by atoms with E-state index < -0.39 is 0 Å². The number of amides is 1. The van der Waals surface area contributed by atoms with Crippen molar-refractivity contribution < 1.29 is 9.53 Å². The number of benzene rings is 2. The van der Waals surface area contributed by atoms with Gasteiger partial charge in [0.1, 0.15) is 5.75 Å². The van der Waals surface area contributed by atoms with Crippen LogP contribution in [0.1, 0.15) is 38.2 Å². The van der Waals surface area contributed by atoms with Gasteiger partial charge in [0, 0.05) is 6.04 Å². The quantitative estimate of drug-likeness (QED) is 0.430. The molecule has 0 unspecified atom stereocenters. The van der Waals surface area contributed by atoms with Crippen molar-refractivity contribution >= 4 is 28.6 Å². The van der Waals surface area contributed by atoms with Crippen molar-refractivity contribution in [2.24, 2.45) is 5.92 Å². The van der Waals surface area contributed by atoms with E-state index in [1.165, 1.54) is 11.8 Å². The molecule has 1 N–H and O–H groups in total. The number of fused-ring (bicyclic) bond motifs is 1. The third-order valence-electron chi connectivity index (χ3n) is 6.04. The van der Waals surface area contributed by atoms with Crippen molar-refractivity contribution in [2.75, 3.05) is 12.9 Å². The molecule has 0 bridgehead atoms. The Morgan fingerprint density at radius 3 is 2.56 bits per heavy atom. The van der Waals surface area contributed by atoms with Gasteiger partial charge in [-0.25, -0.2) is 4.98 Å². The van der Waals surface area contributed by atoms with Crippen molar-refractivity contribution in [3.05, 3.63) is 64.4 Å². The van der Waals surface area contributed by atoms with Crippen molar-refractivity contribution in [3.8, 4) is 5.75 Å². The highest BCUT2D eigenvalue weighted by Crippen LogP contribution is 2.24. The first-order valence-electron chi connectivity index (χ1n) is 11.1. The summed E-state index contributed by atoms with van der Waals surface area (Å²) in [5.41, 5.74) is 1.51. The number of methoxy groups -OCH3 is 1. The van der Waals surface area contributed by atoms with E-state index in [-0.39, 0.29) is 23.3 Å². The number of ether oxygens (including phenoxy) is 1. The van der Waals surface area contributed by atoms with Gasteiger partial charge >= 0.3 is 0 Å². The number of nitrogens with one attached hydrogen (secondary N) is 1. The van der Waals surface area contributed by atoms with Crippen molar-refractivity contribution in [2.45, 2.75) is 50.4 Å². The van der Waals surface area contributed by atoms with Crippen LogP contribution < -0.4 is 15.6 Å². The first-order chi connectivity index (χ1) is 15.5. The van der Waals surface area contributed by atoms with Crippen LogP contribution in [0, 0.1) is 5.92 Å². The SMILES string of the molecule is COc1ccc(Cn2c(SCC(=O)NC3CCC(C)CC3)nc3ccccc3c2=O)cc1. The molecule has 1 heterocycles. The molecule has 32 heavy (non-hydrogen) atoms. The second-order valence-electron chi connectivity index (χ2n) is 8.46. The predicted octanol–water partition coefficient (Wildman–Crippen LogP) is 4.24. The van der Waals surface area contributed by atoms with Crippen LogP contribution in [0.2, 0.25) is 0 Å². The van der Waals surface area contributed by atoms with Gasteiger partial charge < -0.3 is 10.1 Å². The van der Waals surface area contributed by atoms with Crippen LogP contribution in [0.25, 0.3) is 10.9 Å². The summed E-state index contributed by atoms with van der Waals surface area (Å²) in [4.78, 5) is 30.6. The molecule has 0 saturated heterocycles. The zero-order valence-corrected chi connectivity index (χ0v) is 19.4. The molecule has 0 radical (unpaired) electrons. The van der Waals surface area contributed by atoms with E-state index in [1.807, 2.05) is 42.5 Å². The standard InChI is InChI=1S/C25H29N3O3S/c1-17-7-11-19(12-8-17)26-23(29)16-32-25-27-22-6-4-3-5-21(22)24(30)28(25)15-18-9-13-20(31-2)14-10-18/h3-6,9-10,13-14,17,19H,7-8,11-12,15-16H2,1-2H3,(H,26,29). The molecule has 3 aromatic rings. The number of nitrogens with zero attached hydrogens (tertiary/aromatic N) is 2. The monoisotopic (exact) mass is 451 g/mol. The van der Waals surface area contributed by atoms with Crippen LogP contribution in [-0.2, 0) is 11.3 Å². The van der Waals surface area contributed by atoms with Crippen LogP contribution in [0.15, 0.2) is 58.5 Å². The minimum atomic E-state index is -0.101. The fourth-order valence-electron chi connectivity index (χ4n) is 4.11. The normalized spacial score (nSPS) is 18.4. The molecule has 7 heteroatoms. The number of thioether (sulfide) groups is 1. The lowest BCUT2D eigenvalue weighted by atomic mass is 9.87. The topological polar surface area (TPSA) is 73.2 Å². The van der Waals surface area contributed by atoms with E-state index in [0.29, 0.717) is 22.6 Å². The molecule has 6 nitrogen and oxygen atoms in total. The number of hydrogen-bond donors (Lipinski definition) is 1. The Labute approximate surface area is 192 Å². The van der Waals surface area contributed by atoms with Gasteiger partial charge in [-0.3, -0.25) is 14.2 Å². The molecule has 0 spiro atoms. The summed E-state index contributed by atoms with van der Waals surface area (Å²) in [5, 5.41) is 4.28. The molecule has 1 fully saturated rings. The Bertz CT molecular complexity index is 1140. The van der Waals surface area contributed by atoms with E-state index in [9.17, 15) is 9.59 Å². The van der Waals surface area contributed by atoms with Crippen LogP contribution >= 0.6 is 11.8 Å². The molecular weight excluding hydrogens is 422 g/mol. The first-order valence-corrected chi connectivity index (χ1v) is 12.1. The van der Waals surface area contributed by atoms with Gasteiger partial charge in [0.05, 0.1) is 30.3 Å². The van der Waals surface area contributed by atoms with Crippen molar-refractivity contribution in [1.82, 2.24) is 14.9 Å². The summed E-state index contributed by atoms with van der Waals surface area (Å²) in [7, 11) is 1.63. The molecule has 4 rings (SSSR count). The van der Waals surface area contributed by atoms with E-state index in [1.54, 1.807) is 17.7 Å². The molecule has 0 atom stereocenters. The molecule has 1 saturated carbocycles. The van der Waals surface area contributed by atoms with Crippen molar-refractivity contribution in [1.29, 1.82) is 0 Å². The maximum atomic E-state index is 13.3. The number of para-hydroxylation sites is 1. The Kier molecular flexibility index (Phi) is 7.15. The molecule has 168 valence electrons. The molecular formula is C25H29N3O3S. The third-order valence-corrected chi connectivity index (χ3v) is 7.02.